The van der Waals surface area contributed by atoms with Crippen molar-refractivity contribution in [2.45, 2.75) is 0 Å². The Balaban J connectivity index is -0.00000000500. The molecule has 0 aromatic rings. The van der Waals surface area contributed by atoms with Crippen LogP contribution in [0.4, 0.5) is 0 Å². The third kappa shape index (κ3) is 8.90. The van der Waals surface area contributed by atoms with Crippen molar-refractivity contribution in [3.8, 4) is 0 Å². The Morgan fingerprint density at radius 3 is 1.25 bits per heavy atom. The van der Waals surface area contributed by atoms with Crippen LogP contribution in [0, 0.1) is 0 Å². The molecule has 0 aromatic heterocycles. The molecule has 0 bridgehead atoms. The van der Waals surface area contributed by atoms with Crippen LogP contribution in [0.3, 0.4) is 0 Å². The van der Waals surface area contributed by atoms with Gasteiger partial charge in [-0.25, -0.2) is 0 Å². The Morgan fingerprint density at radius 1 is 1.25 bits per heavy atom. The summed E-state index contributed by atoms with van der Waals surface area (Å²) < 4.78 is 0. The fourth-order valence-electron chi connectivity index (χ4n) is 0. The topological polar surface area (TPSA) is 0 Å². The summed E-state index contributed by atoms with van der Waals surface area (Å²) in [5.74, 6) is 4.55. The monoisotopic (exact) mass is 390 g/mol. The normalized spacial score (nSPS) is 1.25. The molecule has 0 aromatic carbocycles. The summed E-state index contributed by atoms with van der Waals surface area (Å²) in [7, 11) is 0. The molecule has 0 amide bonds. The van der Waals surface area contributed by atoms with E-state index >= 15 is 0 Å². The van der Waals surface area contributed by atoms with E-state index in [1.807, 2.05) is 0 Å². The van der Waals surface area contributed by atoms with Gasteiger partial charge in [0.2, 0.25) is 0 Å². The van der Waals surface area contributed by atoms with Crippen LogP contribution in [0.2, 0.25) is 0 Å². The minimum atomic E-state index is 0. The van der Waals surface area contributed by atoms with Crippen molar-refractivity contribution in [2.75, 3.05) is 0 Å². The number of rotatable bonds is 0. The SMILES string of the molecule is [B][TeH].[W].[Zn]. The molecule has 4 heavy (non-hydrogen) atoms. The van der Waals surface area contributed by atoms with E-state index < -0.39 is 0 Å². The van der Waals surface area contributed by atoms with E-state index in [0.29, 0.717) is 0 Å². The Hall–Kier alpha value is 2.17. The second kappa shape index (κ2) is 19.1. The fraction of sp³-hybridized carbons (Fsp3) is 0. The first kappa shape index (κ1) is 16.4. The minimum absolute atomic E-state index is 0. The number of hydrogen-bond acceptors (Lipinski definition) is 0. The van der Waals surface area contributed by atoms with Crippen molar-refractivity contribution in [1.29, 1.82) is 0 Å². The van der Waals surface area contributed by atoms with Crippen LogP contribution in [-0.4, -0.2) is 27.8 Å². The average Bonchev–Trinajstić information content (AvgIpc) is 1.00. The minimum Gasteiger partial charge on any atom is 0 e. The maximum Gasteiger partial charge on any atom is 0 e. The maximum absolute atomic E-state index is 4.55. The van der Waals surface area contributed by atoms with Crippen LogP contribution in [0.1, 0.15) is 0 Å². The first-order valence-electron chi connectivity index (χ1n) is 0.258. The fourth-order valence-corrected chi connectivity index (χ4v) is 0. The summed E-state index contributed by atoms with van der Waals surface area (Å²) >= 11 is 1.25. The predicted molar refractivity (Wildman–Crippen MR) is 12.9 cm³/mol. The molecule has 0 unspecified atom stereocenters. The van der Waals surface area contributed by atoms with Crippen LogP contribution < -0.4 is 0 Å². The molecule has 0 rings (SSSR count). The van der Waals surface area contributed by atoms with E-state index in [-0.39, 0.29) is 40.5 Å². The molecule has 18 valence electrons. The van der Waals surface area contributed by atoms with Gasteiger partial charge in [0.25, 0.3) is 0 Å². The Bertz CT molecular complexity index is 8.00. The molecule has 2 radical (unpaired) electrons. The molecule has 0 saturated heterocycles. The number of hydrogen-bond donors (Lipinski definition) is 0. The van der Waals surface area contributed by atoms with E-state index in [9.17, 15) is 0 Å². The second-order valence-corrected chi connectivity index (χ2v) is 0. The van der Waals surface area contributed by atoms with Gasteiger partial charge in [-0.3, -0.25) is 0 Å². The zero-order chi connectivity index (χ0) is 2.00. The summed E-state index contributed by atoms with van der Waals surface area (Å²) in [4.78, 5) is 0. The molecule has 0 atom stereocenters. The van der Waals surface area contributed by atoms with Crippen molar-refractivity contribution in [3.05, 3.63) is 0 Å². The van der Waals surface area contributed by atoms with Gasteiger partial charge in [0.1, 0.15) is 0 Å². The first-order valence-corrected chi connectivity index (χ1v) is 1.73. The molecule has 0 heterocycles. The van der Waals surface area contributed by atoms with E-state index in [1.165, 1.54) is 22.1 Å². The quantitative estimate of drug-likeness (QED) is 0.466. The van der Waals surface area contributed by atoms with E-state index in [2.05, 4.69) is 5.75 Å². The van der Waals surface area contributed by atoms with Crippen molar-refractivity contribution in [2.24, 2.45) is 0 Å². The Morgan fingerprint density at radius 2 is 1.25 bits per heavy atom. The van der Waals surface area contributed by atoms with Crippen LogP contribution in [0.15, 0.2) is 0 Å². The van der Waals surface area contributed by atoms with Gasteiger partial charge in [-0.15, -0.1) is 0 Å². The smallest absolute Gasteiger partial charge is 0 e. The van der Waals surface area contributed by atoms with Crippen LogP contribution in [0.5, 0.6) is 0 Å². The third-order valence-electron chi connectivity index (χ3n) is 0. The summed E-state index contributed by atoms with van der Waals surface area (Å²) in [6.07, 6.45) is 0. The molecule has 0 N–H and O–H groups in total. The van der Waals surface area contributed by atoms with Crippen LogP contribution in [0.25, 0.3) is 0 Å². The van der Waals surface area contributed by atoms with Gasteiger partial charge in [0.05, 0.1) is 0 Å². The molecule has 0 saturated carbocycles. The van der Waals surface area contributed by atoms with Gasteiger partial charge in [-0.1, -0.05) is 0 Å². The average molecular weight is 389 g/mol. The van der Waals surface area contributed by atoms with Gasteiger partial charge >= 0.3 is 27.8 Å². The van der Waals surface area contributed by atoms with E-state index in [4.69, 9.17) is 0 Å². The second-order valence-electron chi connectivity index (χ2n) is 0. The molecular formula is HBTeWZn. The van der Waals surface area contributed by atoms with Crippen LogP contribution >= 0.6 is 0 Å². The van der Waals surface area contributed by atoms with Gasteiger partial charge in [0.15, 0.2) is 0 Å². The van der Waals surface area contributed by atoms with Crippen molar-refractivity contribution in [1.82, 2.24) is 0 Å². The molecule has 0 aliphatic carbocycles. The zero-order valence-corrected chi connectivity index (χ0v) is 10.6. The molecule has 0 fully saturated rings. The molecule has 0 nitrogen and oxygen atoms in total. The molecule has 4 heteroatoms. The largest absolute Gasteiger partial charge is 0 e. The van der Waals surface area contributed by atoms with Gasteiger partial charge < -0.3 is 0 Å². The zero-order valence-electron chi connectivity index (χ0n) is 2.14. The molecular weight excluding hydrogens is 388 g/mol. The van der Waals surface area contributed by atoms with Gasteiger partial charge in [0, 0.05) is 40.5 Å². The Kier molecular flexibility index (Phi) is 78.4. The molecule has 0 aliphatic heterocycles. The van der Waals surface area contributed by atoms with Crippen molar-refractivity contribution in [3.63, 3.8) is 0 Å². The molecule has 0 aliphatic rings. The van der Waals surface area contributed by atoms with Crippen molar-refractivity contribution >= 4 is 27.8 Å². The van der Waals surface area contributed by atoms with Crippen LogP contribution in [-0.2, 0) is 40.5 Å². The first-order chi connectivity index (χ1) is 1.00. The Labute approximate surface area is 67.6 Å². The summed E-state index contributed by atoms with van der Waals surface area (Å²) in [6.45, 7) is 0. The van der Waals surface area contributed by atoms with Crippen molar-refractivity contribution < 1.29 is 40.5 Å². The predicted octanol–water partition coefficient (Wildman–Crippen LogP) is -1.03. The van der Waals surface area contributed by atoms with Gasteiger partial charge in [-0.05, 0) is 0 Å². The van der Waals surface area contributed by atoms with Gasteiger partial charge in [-0.2, -0.15) is 0 Å². The summed E-state index contributed by atoms with van der Waals surface area (Å²) in [6, 6.07) is 0. The third-order valence-corrected chi connectivity index (χ3v) is 0. The van der Waals surface area contributed by atoms with E-state index in [0.717, 1.165) is 0 Å². The van der Waals surface area contributed by atoms with E-state index in [1.54, 1.807) is 0 Å². The molecule has 0 spiro atoms. The maximum atomic E-state index is 4.55. The summed E-state index contributed by atoms with van der Waals surface area (Å²) in [5, 5.41) is 0. The standard InChI is InChI=1S/BHTe.W.Zn/c1-2;;/h2H;;. The summed E-state index contributed by atoms with van der Waals surface area (Å²) in [5.41, 5.74) is 0.